The van der Waals surface area contributed by atoms with Crippen molar-refractivity contribution in [2.24, 2.45) is 28.6 Å². The first-order chi connectivity index (χ1) is 21.1. The van der Waals surface area contributed by atoms with Gasteiger partial charge in [-0.05, 0) is 91.9 Å². The van der Waals surface area contributed by atoms with Crippen LogP contribution in [0.1, 0.15) is 117 Å². The van der Waals surface area contributed by atoms with Crippen molar-refractivity contribution in [1.29, 1.82) is 0 Å². The fourth-order valence-electron chi connectivity index (χ4n) is 10.5. The third kappa shape index (κ3) is 4.69. The second-order valence-corrected chi connectivity index (χ2v) is 14.9. The Kier molecular flexibility index (Phi) is 8.56. The number of allylic oxidation sites excluding steroid dienone is 6. The molecule has 0 spiro atoms. The van der Waals surface area contributed by atoms with Gasteiger partial charge in [-0.15, -0.1) is 0 Å². The number of nitrogens with zero attached hydrogens (tertiary/aromatic N) is 1. The SMILES string of the molecule is CCCC1CCCC1(C)CCC1C(F)=C2C(=CC1F)C1(CCC)C(CC3=CCCC=C3C(=O)OC)CC1(C)[n+]1ccccc12. The molecular weight excluding hydrogens is 552 g/mol. The molecule has 0 N–H and O–H groups in total. The van der Waals surface area contributed by atoms with Crippen LogP contribution in [0.25, 0.3) is 5.57 Å². The van der Waals surface area contributed by atoms with Crippen LogP contribution in [0.5, 0.6) is 0 Å². The van der Waals surface area contributed by atoms with Crippen molar-refractivity contribution < 1.29 is 22.9 Å². The van der Waals surface area contributed by atoms with Gasteiger partial charge < -0.3 is 4.74 Å². The molecule has 0 saturated heterocycles. The van der Waals surface area contributed by atoms with Gasteiger partial charge in [-0.25, -0.2) is 13.6 Å². The average molecular weight is 605 g/mol. The summed E-state index contributed by atoms with van der Waals surface area (Å²) in [5.41, 5.74) is 3.52. The Morgan fingerprint density at radius 1 is 1.07 bits per heavy atom. The van der Waals surface area contributed by atoms with Gasteiger partial charge in [0, 0.05) is 31.4 Å². The lowest BCUT2D eigenvalue weighted by Crippen LogP contribution is -2.77. The Labute approximate surface area is 263 Å². The molecular formula is C39H52F2NO2+. The minimum Gasteiger partial charge on any atom is -0.465 e. The van der Waals surface area contributed by atoms with Crippen molar-refractivity contribution in [3.63, 3.8) is 0 Å². The molecule has 1 aliphatic heterocycles. The van der Waals surface area contributed by atoms with Gasteiger partial charge in [0.2, 0.25) is 5.69 Å². The van der Waals surface area contributed by atoms with Gasteiger partial charge in [0.1, 0.15) is 12.0 Å². The number of methoxy groups -OCH3 is 1. The van der Waals surface area contributed by atoms with Crippen molar-refractivity contribution in [2.75, 3.05) is 7.11 Å². The van der Waals surface area contributed by atoms with E-state index in [0.29, 0.717) is 29.9 Å². The summed E-state index contributed by atoms with van der Waals surface area (Å²) in [7, 11) is 1.44. The first-order valence-electron chi connectivity index (χ1n) is 17.4. The molecule has 7 unspecified atom stereocenters. The van der Waals surface area contributed by atoms with Crippen LogP contribution in [-0.2, 0) is 15.1 Å². The Morgan fingerprint density at radius 3 is 2.61 bits per heavy atom. The molecule has 2 saturated carbocycles. The van der Waals surface area contributed by atoms with Gasteiger partial charge >= 0.3 is 5.97 Å². The highest BCUT2D eigenvalue weighted by molar-refractivity contribution is 5.93. The predicted octanol–water partition coefficient (Wildman–Crippen LogP) is 9.68. The third-order valence-corrected chi connectivity index (χ3v) is 12.7. The van der Waals surface area contributed by atoms with Crippen LogP contribution in [0.3, 0.4) is 0 Å². The van der Waals surface area contributed by atoms with Crippen LogP contribution in [0, 0.1) is 28.6 Å². The summed E-state index contributed by atoms with van der Waals surface area (Å²) in [6.07, 6.45) is 19.3. The van der Waals surface area contributed by atoms with Crippen molar-refractivity contribution in [3.8, 4) is 0 Å². The molecule has 2 fully saturated rings. The predicted molar refractivity (Wildman–Crippen MR) is 172 cm³/mol. The van der Waals surface area contributed by atoms with E-state index in [0.717, 1.165) is 61.8 Å². The lowest BCUT2D eigenvalue weighted by Gasteiger charge is -2.63. The Bertz CT molecular complexity index is 1420. The molecule has 238 valence electrons. The van der Waals surface area contributed by atoms with Crippen molar-refractivity contribution >= 4 is 11.5 Å². The number of esters is 1. The minimum absolute atomic E-state index is 0.163. The Hall–Kier alpha value is -2.56. The second-order valence-electron chi connectivity index (χ2n) is 14.9. The van der Waals surface area contributed by atoms with E-state index < -0.39 is 17.5 Å². The van der Waals surface area contributed by atoms with Gasteiger partial charge in [-0.3, -0.25) is 0 Å². The van der Waals surface area contributed by atoms with Crippen LogP contribution in [0.15, 0.2) is 65.2 Å². The highest BCUT2D eigenvalue weighted by Crippen LogP contribution is 2.70. The normalized spacial score (nSPS) is 35.9. The lowest BCUT2D eigenvalue weighted by molar-refractivity contribution is -0.799. The van der Waals surface area contributed by atoms with Gasteiger partial charge in [-0.2, -0.15) is 4.57 Å². The van der Waals surface area contributed by atoms with E-state index in [1.165, 1.54) is 32.8 Å². The quantitative estimate of drug-likeness (QED) is 0.197. The van der Waals surface area contributed by atoms with Crippen molar-refractivity contribution in [3.05, 3.63) is 70.9 Å². The average Bonchev–Trinajstić information content (AvgIpc) is 3.38. The second kappa shape index (κ2) is 12.0. The molecule has 5 heteroatoms. The third-order valence-electron chi connectivity index (χ3n) is 12.7. The molecule has 7 atom stereocenters. The van der Waals surface area contributed by atoms with E-state index in [1.54, 1.807) is 0 Å². The number of carbonyl (C=O) groups is 1. The molecule has 1 aromatic rings. The van der Waals surface area contributed by atoms with Gasteiger partial charge in [0.15, 0.2) is 11.7 Å². The summed E-state index contributed by atoms with van der Waals surface area (Å²) in [5.74, 6) is -0.462. The van der Waals surface area contributed by atoms with Crippen molar-refractivity contribution in [1.82, 2.24) is 0 Å². The maximum absolute atomic E-state index is 17.1. The largest absolute Gasteiger partial charge is 0.465 e. The molecule has 0 aromatic carbocycles. The summed E-state index contributed by atoms with van der Waals surface area (Å²) in [5, 5.41) is 0. The first kappa shape index (κ1) is 31.4. The molecule has 0 radical (unpaired) electrons. The maximum atomic E-state index is 17.1. The van der Waals surface area contributed by atoms with Crippen LogP contribution in [-0.4, -0.2) is 19.3 Å². The first-order valence-corrected chi connectivity index (χ1v) is 17.4. The number of rotatable bonds is 10. The smallest absolute Gasteiger partial charge is 0.337 e. The fourth-order valence-corrected chi connectivity index (χ4v) is 10.5. The van der Waals surface area contributed by atoms with Gasteiger partial charge in [0.25, 0.3) is 0 Å². The Morgan fingerprint density at radius 2 is 1.86 bits per heavy atom. The number of ether oxygens (including phenoxy) is 1. The molecule has 44 heavy (non-hydrogen) atoms. The fraction of sp³-hybridized carbons (Fsp3) is 0.641. The number of halogens is 2. The maximum Gasteiger partial charge on any atom is 0.337 e. The molecule has 0 bridgehead atoms. The molecule has 5 aliphatic rings. The van der Waals surface area contributed by atoms with E-state index in [1.807, 2.05) is 30.4 Å². The zero-order chi connectivity index (χ0) is 31.3. The van der Waals surface area contributed by atoms with E-state index >= 15 is 8.78 Å². The summed E-state index contributed by atoms with van der Waals surface area (Å²) < 4.78 is 41.1. The summed E-state index contributed by atoms with van der Waals surface area (Å²) in [6, 6.07) is 6.06. The number of fused-ring (bicyclic) bond motifs is 6. The summed E-state index contributed by atoms with van der Waals surface area (Å²) >= 11 is 0. The van der Waals surface area contributed by atoms with Crippen LogP contribution in [0.2, 0.25) is 0 Å². The number of hydrogen-bond acceptors (Lipinski definition) is 2. The molecule has 1 aromatic heterocycles. The topological polar surface area (TPSA) is 30.2 Å². The zero-order valence-corrected chi connectivity index (χ0v) is 27.6. The molecule has 2 heterocycles. The van der Waals surface area contributed by atoms with E-state index in [4.69, 9.17) is 4.74 Å². The number of alkyl halides is 1. The molecule has 4 aliphatic carbocycles. The minimum atomic E-state index is -1.34. The van der Waals surface area contributed by atoms with Crippen LogP contribution >= 0.6 is 0 Å². The highest BCUT2D eigenvalue weighted by Gasteiger charge is 2.73. The van der Waals surface area contributed by atoms with Gasteiger partial charge in [-0.1, -0.05) is 58.6 Å². The van der Waals surface area contributed by atoms with E-state index in [2.05, 4.69) is 44.5 Å². The number of hydrogen-bond donors (Lipinski definition) is 0. The number of pyridine rings is 1. The summed E-state index contributed by atoms with van der Waals surface area (Å²) in [4.78, 5) is 12.7. The van der Waals surface area contributed by atoms with Gasteiger partial charge in [0.05, 0.1) is 23.7 Å². The van der Waals surface area contributed by atoms with E-state index in [-0.39, 0.29) is 28.7 Å². The standard InChI is InChI=1S/C39H52F2NO2/c1-6-13-27-15-12-20-37(27,3)21-18-30-32(40)24-31-34(35(30)41)33-17-10-11-22-42(33)38(4)25-28(39(31,38)19-7-2)23-26-14-8-9-16-29(26)36(43)44-5/h10-11,14,16-17,22,24,27-28,30,32H,6-9,12-13,15,18-21,23,25H2,1-5H3/q+1. The summed E-state index contributed by atoms with van der Waals surface area (Å²) in [6.45, 7) is 9.09. The molecule has 6 rings (SSSR count). The highest BCUT2D eigenvalue weighted by atomic mass is 19.1. The molecule has 0 amide bonds. The molecule has 3 nitrogen and oxygen atoms in total. The lowest BCUT2D eigenvalue weighted by atomic mass is 9.40. The van der Waals surface area contributed by atoms with E-state index in [9.17, 15) is 4.79 Å². The Balaban J connectivity index is 1.40. The van der Waals surface area contributed by atoms with Crippen LogP contribution < -0.4 is 4.57 Å². The number of carbonyl (C=O) groups excluding carboxylic acids is 1. The van der Waals surface area contributed by atoms with Crippen molar-refractivity contribution in [2.45, 2.75) is 123 Å². The zero-order valence-electron chi connectivity index (χ0n) is 27.6. The van der Waals surface area contributed by atoms with Crippen LogP contribution in [0.4, 0.5) is 8.78 Å². The number of aromatic nitrogens is 1. The monoisotopic (exact) mass is 604 g/mol.